The number of esters is 1. The summed E-state index contributed by atoms with van der Waals surface area (Å²) in [5.74, 6) is 0.670. The Kier molecular flexibility index (Phi) is 4.73. The number of H-pyrrole nitrogens is 1. The Morgan fingerprint density at radius 2 is 2.00 bits per heavy atom. The summed E-state index contributed by atoms with van der Waals surface area (Å²) in [7, 11) is 0. The maximum absolute atomic E-state index is 12.5. The van der Waals surface area contributed by atoms with E-state index in [1.54, 1.807) is 18.7 Å². The smallest absolute Gasteiger partial charge is 0.308 e. The van der Waals surface area contributed by atoms with Gasteiger partial charge in [0.15, 0.2) is 12.2 Å². The Balaban J connectivity index is 1.41. The van der Waals surface area contributed by atoms with Crippen LogP contribution in [0.15, 0.2) is 48.5 Å². The summed E-state index contributed by atoms with van der Waals surface area (Å²) in [6, 6.07) is 14.9. The van der Waals surface area contributed by atoms with Crippen molar-refractivity contribution in [3.63, 3.8) is 0 Å². The lowest BCUT2D eigenvalue weighted by Crippen LogP contribution is -2.45. The molecule has 0 saturated carbocycles. The summed E-state index contributed by atoms with van der Waals surface area (Å²) in [6.07, 6.45) is -1.01. The third-order valence-corrected chi connectivity index (χ3v) is 4.71. The third-order valence-electron chi connectivity index (χ3n) is 4.71. The number of fused-ring (bicyclic) bond motifs is 2. The van der Waals surface area contributed by atoms with Crippen LogP contribution >= 0.6 is 0 Å². The molecule has 0 saturated heterocycles. The monoisotopic (exact) mass is 379 g/mol. The van der Waals surface area contributed by atoms with E-state index in [4.69, 9.17) is 9.47 Å². The lowest BCUT2D eigenvalue weighted by Gasteiger charge is -2.32. The molecule has 1 aliphatic rings. The SMILES string of the molecule is CC1Oc2ccccc2N(CCC(=O)OC(C)c2nc3ccccc3[nH]2)C1=O. The molecule has 2 unspecified atom stereocenters. The topological polar surface area (TPSA) is 84.5 Å². The minimum absolute atomic E-state index is 0.0807. The molecule has 1 aromatic heterocycles. The van der Waals surface area contributed by atoms with Crippen molar-refractivity contribution in [3.8, 4) is 5.75 Å². The van der Waals surface area contributed by atoms with Crippen molar-refractivity contribution in [1.29, 1.82) is 0 Å². The maximum Gasteiger partial charge on any atom is 0.308 e. The van der Waals surface area contributed by atoms with Gasteiger partial charge in [-0.05, 0) is 38.1 Å². The van der Waals surface area contributed by atoms with Crippen LogP contribution < -0.4 is 9.64 Å². The fraction of sp³-hybridized carbons (Fsp3) is 0.286. The average molecular weight is 379 g/mol. The number of aromatic nitrogens is 2. The first kappa shape index (κ1) is 18.0. The van der Waals surface area contributed by atoms with E-state index < -0.39 is 18.2 Å². The Hall–Kier alpha value is -3.35. The molecule has 0 aliphatic carbocycles. The van der Waals surface area contributed by atoms with E-state index in [0.29, 0.717) is 17.3 Å². The van der Waals surface area contributed by atoms with E-state index >= 15 is 0 Å². The molecule has 7 nitrogen and oxygen atoms in total. The van der Waals surface area contributed by atoms with Crippen LogP contribution in [0.1, 0.15) is 32.2 Å². The first-order valence-electron chi connectivity index (χ1n) is 9.24. The Bertz CT molecular complexity index is 996. The fourth-order valence-corrected chi connectivity index (χ4v) is 3.27. The number of nitrogens with one attached hydrogen (secondary N) is 1. The van der Waals surface area contributed by atoms with E-state index in [1.165, 1.54) is 0 Å². The number of amides is 1. The van der Waals surface area contributed by atoms with Gasteiger partial charge in [-0.1, -0.05) is 24.3 Å². The van der Waals surface area contributed by atoms with Gasteiger partial charge in [0.2, 0.25) is 0 Å². The average Bonchev–Trinajstić information content (AvgIpc) is 3.13. The predicted octanol–water partition coefficient (Wildman–Crippen LogP) is 3.37. The van der Waals surface area contributed by atoms with Crippen LogP contribution in [-0.2, 0) is 14.3 Å². The largest absolute Gasteiger partial charge is 0.479 e. The molecule has 0 fully saturated rings. The molecule has 1 aliphatic heterocycles. The molecule has 2 atom stereocenters. The number of anilines is 1. The summed E-state index contributed by atoms with van der Waals surface area (Å²) >= 11 is 0. The number of carbonyl (C=O) groups excluding carboxylic acids is 2. The minimum Gasteiger partial charge on any atom is -0.479 e. The zero-order valence-electron chi connectivity index (χ0n) is 15.7. The summed E-state index contributed by atoms with van der Waals surface area (Å²) < 4.78 is 11.1. The Morgan fingerprint density at radius 1 is 1.25 bits per heavy atom. The molecule has 3 aromatic rings. The number of aromatic amines is 1. The van der Waals surface area contributed by atoms with Gasteiger partial charge in [-0.3, -0.25) is 9.59 Å². The Labute approximate surface area is 162 Å². The van der Waals surface area contributed by atoms with Gasteiger partial charge in [0.25, 0.3) is 5.91 Å². The number of hydrogen-bond donors (Lipinski definition) is 1. The van der Waals surface area contributed by atoms with Crippen molar-refractivity contribution >= 4 is 28.6 Å². The van der Waals surface area contributed by atoms with Gasteiger partial charge in [0, 0.05) is 6.54 Å². The summed E-state index contributed by atoms with van der Waals surface area (Å²) in [6.45, 7) is 3.70. The normalized spacial score (nSPS) is 17.1. The molecular weight excluding hydrogens is 358 g/mol. The zero-order valence-corrected chi connectivity index (χ0v) is 15.7. The highest BCUT2D eigenvalue weighted by Crippen LogP contribution is 2.33. The van der Waals surface area contributed by atoms with Crippen LogP contribution in [0.2, 0.25) is 0 Å². The second-order valence-electron chi connectivity index (χ2n) is 6.74. The molecule has 2 aromatic carbocycles. The van der Waals surface area contributed by atoms with Gasteiger partial charge in [-0.2, -0.15) is 0 Å². The van der Waals surface area contributed by atoms with Crippen LogP contribution in [0.4, 0.5) is 5.69 Å². The van der Waals surface area contributed by atoms with Gasteiger partial charge in [-0.25, -0.2) is 4.98 Å². The van der Waals surface area contributed by atoms with E-state index in [-0.39, 0.29) is 18.9 Å². The van der Waals surface area contributed by atoms with E-state index in [2.05, 4.69) is 9.97 Å². The summed E-state index contributed by atoms with van der Waals surface area (Å²) in [5.41, 5.74) is 2.39. The van der Waals surface area contributed by atoms with Crippen molar-refractivity contribution in [1.82, 2.24) is 9.97 Å². The van der Waals surface area contributed by atoms with Crippen molar-refractivity contribution < 1.29 is 19.1 Å². The van der Waals surface area contributed by atoms with Gasteiger partial charge in [0.05, 0.1) is 23.1 Å². The summed E-state index contributed by atoms with van der Waals surface area (Å²) in [5, 5.41) is 0. The highest BCUT2D eigenvalue weighted by Gasteiger charge is 2.31. The molecule has 144 valence electrons. The Morgan fingerprint density at radius 3 is 2.82 bits per heavy atom. The molecule has 1 amide bonds. The number of hydrogen-bond acceptors (Lipinski definition) is 5. The van der Waals surface area contributed by atoms with Crippen LogP contribution in [0, 0.1) is 0 Å². The van der Waals surface area contributed by atoms with Crippen LogP contribution in [-0.4, -0.2) is 34.5 Å². The molecule has 28 heavy (non-hydrogen) atoms. The maximum atomic E-state index is 12.5. The van der Waals surface area contributed by atoms with Crippen molar-refractivity contribution in [2.75, 3.05) is 11.4 Å². The van der Waals surface area contributed by atoms with Crippen molar-refractivity contribution in [2.45, 2.75) is 32.5 Å². The number of carbonyl (C=O) groups is 2. The number of benzene rings is 2. The quantitative estimate of drug-likeness (QED) is 0.687. The van der Waals surface area contributed by atoms with Crippen molar-refractivity contribution in [2.24, 2.45) is 0 Å². The number of nitrogens with zero attached hydrogens (tertiary/aromatic N) is 2. The van der Waals surface area contributed by atoms with Crippen LogP contribution in [0.5, 0.6) is 5.75 Å². The van der Waals surface area contributed by atoms with Gasteiger partial charge >= 0.3 is 5.97 Å². The lowest BCUT2D eigenvalue weighted by atomic mass is 10.2. The number of rotatable bonds is 5. The third kappa shape index (κ3) is 3.43. The van der Waals surface area contributed by atoms with Gasteiger partial charge in [0.1, 0.15) is 11.6 Å². The van der Waals surface area contributed by atoms with Crippen LogP contribution in [0.3, 0.4) is 0 Å². The number of ether oxygens (including phenoxy) is 2. The van der Waals surface area contributed by atoms with Crippen LogP contribution in [0.25, 0.3) is 11.0 Å². The lowest BCUT2D eigenvalue weighted by molar-refractivity contribution is -0.148. The standard InChI is InChI=1S/C21H21N3O4/c1-13(20-22-15-7-3-4-8-16(15)23-20)28-19(25)11-12-24-17-9-5-6-10-18(17)27-14(2)21(24)26/h3-10,13-14H,11-12H2,1-2H3,(H,22,23). The molecular formula is C21H21N3O4. The highest BCUT2D eigenvalue weighted by atomic mass is 16.5. The molecule has 0 radical (unpaired) electrons. The first-order chi connectivity index (χ1) is 13.5. The molecule has 1 N–H and O–H groups in total. The second-order valence-corrected chi connectivity index (χ2v) is 6.74. The second kappa shape index (κ2) is 7.34. The van der Waals surface area contributed by atoms with E-state index in [9.17, 15) is 9.59 Å². The van der Waals surface area contributed by atoms with E-state index in [1.807, 2.05) is 48.5 Å². The number of para-hydroxylation sites is 4. The molecule has 7 heteroatoms. The molecule has 2 heterocycles. The molecule has 4 rings (SSSR count). The number of imidazole rings is 1. The minimum atomic E-state index is -0.583. The summed E-state index contributed by atoms with van der Waals surface area (Å²) in [4.78, 5) is 34.0. The predicted molar refractivity (Wildman–Crippen MR) is 104 cm³/mol. The first-order valence-corrected chi connectivity index (χ1v) is 9.24. The molecule has 0 spiro atoms. The fourth-order valence-electron chi connectivity index (χ4n) is 3.27. The zero-order chi connectivity index (χ0) is 19.7. The van der Waals surface area contributed by atoms with Gasteiger partial charge < -0.3 is 19.4 Å². The van der Waals surface area contributed by atoms with E-state index in [0.717, 1.165) is 11.0 Å². The molecule has 0 bridgehead atoms. The van der Waals surface area contributed by atoms with Gasteiger partial charge in [-0.15, -0.1) is 0 Å². The highest BCUT2D eigenvalue weighted by molar-refractivity contribution is 6.00. The van der Waals surface area contributed by atoms with Crippen molar-refractivity contribution in [3.05, 3.63) is 54.4 Å².